The molecule has 1 N–H and O–H groups in total. The Morgan fingerprint density at radius 2 is 1.83 bits per heavy atom. The lowest BCUT2D eigenvalue weighted by molar-refractivity contribution is -0.137. The van der Waals surface area contributed by atoms with E-state index in [-0.39, 0.29) is 0 Å². The zero-order valence-electron chi connectivity index (χ0n) is 12.5. The summed E-state index contributed by atoms with van der Waals surface area (Å²) in [4.78, 5) is 2.86. The molecule has 24 heavy (non-hydrogen) atoms. The van der Waals surface area contributed by atoms with Gasteiger partial charge in [0.05, 0.1) is 15.9 Å². The molecule has 0 spiro atoms. The van der Waals surface area contributed by atoms with E-state index >= 15 is 0 Å². The Labute approximate surface area is 146 Å². The van der Waals surface area contributed by atoms with Crippen LogP contribution in [0.25, 0.3) is 0 Å². The van der Waals surface area contributed by atoms with Crippen molar-refractivity contribution in [3.05, 3.63) is 56.5 Å². The third kappa shape index (κ3) is 3.91. The molecular formula is C16H15ClF4N2S. The zero-order valence-corrected chi connectivity index (χ0v) is 14.1. The van der Waals surface area contributed by atoms with Crippen molar-refractivity contribution >= 4 is 22.9 Å². The van der Waals surface area contributed by atoms with Gasteiger partial charge in [0.1, 0.15) is 5.82 Å². The summed E-state index contributed by atoms with van der Waals surface area (Å²) in [6.45, 7) is 2.80. The number of rotatable bonds is 3. The Bertz CT molecular complexity index is 710. The summed E-state index contributed by atoms with van der Waals surface area (Å²) in [5, 5.41) is 3.21. The van der Waals surface area contributed by atoms with E-state index in [9.17, 15) is 17.6 Å². The lowest BCUT2D eigenvalue weighted by atomic mass is 10.00. The van der Waals surface area contributed by atoms with Gasteiger partial charge in [-0.15, -0.1) is 11.3 Å². The van der Waals surface area contributed by atoms with Gasteiger partial charge >= 0.3 is 6.18 Å². The number of benzene rings is 1. The molecular weight excluding hydrogens is 364 g/mol. The van der Waals surface area contributed by atoms with Crippen molar-refractivity contribution in [2.75, 3.05) is 26.2 Å². The number of nitrogens with one attached hydrogen (secondary N) is 1. The SMILES string of the molecule is Fc1cc([C@@H](c2ccc(Cl)s2)N2CCNCC2)cc(C(F)(F)F)c1. The second kappa shape index (κ2) is 7.00. The molecule has 1 aromatic heterocycles. The van der Waals surface area contributed by atoms with Crippen molar-refractivity contribution < 1.29 is 17.6 Å². The highest BCUT2D eigenvalue weighted by Crippen LogP contribution is 2.38. The summed E-state index contributed by atoms with van der Waals surface area (Å²) in [5.74, 6) is -0.886. The van der Waals surface area contributed by atoms with Crippen molar-refractivity contribution in [2.45, 2.75) is 12.2 Å². The standard InChI is InChI=1S/C16H15ClF4N2S/c17-14-2-1-13(24-14)15(23-5-3-22-4-6-23)10-7-11(16(19,20)21)9-12(18)8-10/h1-2,7-9,15,22H,3-6H2/t15-/m0/s1. The van der Waals surface area contributed by atoms with Crippen LogP contribution in [0.1, 0.15) is 22.0 Å². The molecule has 1 aromatic carbocycles. The van der Waals surface area contributed by atoms with Gasteiger partial charge in [-0.2, -0.15) is 13.2 Å². The summed E-state index contributed by atoms with van der Waals surface area (Å²) in [6, 6.07) is 5.79. The van der Waals surface area contributed by atoms with Gasteiger partial charge < -0.3 is 5.32 Å². The third-order valence-corrected chi connectivity index (χ3v) is 5.23. The molecule has 0 bridgehead atoms. The lowest BCUT2D eigenvalue weighted by Crippen LogP contribution is -2.45. The Hall–Kier alpha value is -1.15. The normalized spacial score (nSPS) is 17.9. The predicted molar refractivity (Wildman–Crippen MR) is 87.0 cm³/mol. The summed E-state index contributed by atoms with van der Waals surface area (Å²) >= 11 is 7.30. The lowest BCUT2D eigenvalue weighted by Gasteiger charge is -2.35. The highest BCUT2D eigenvalue weighted by atomic mass is 35.5. The van der Waals surface area contributed by atoms with Crippen LogP contribution in [0.4, 0.5) is 17.6 Å². The molecule has 0 amide bonds. The molecule has 2 aromatic rings. The van der Waals surface area contributed by atoms with Crippen LogP contribution in [0, 0.1) is 5.82 Å². The van der Waals surface area contributed by atoms with Crippen LogP contribution in [-0.4, -0.2) is 31.1 Å². The van der Waals surface area contributed by atoms with Gasteiger partial charge in [0.2, 0.25) is 0 Å². The molecule has 8 heteroatoms. The minimum atomic E-state index is -4.59. The van der Waals surface area contributed by atoms with Crippen LogP contribution in [0.3, 0.4) is 0 Å². The van der Waals surface area contributed by atoms with Gasteiger partial charge in [0, 0.05) is 31.1 Å². The molecule has 1 aliphatic rings. The van der Waals surface area contributed by atoms with Crippen LogP contribution < -0.4 is 5.32 Å². The predicted octanol–water partition coefficient (Wildman–Crippen LogP) is 4.55. The van der Waals surface area contributed by atoms with Crippen molar-refractivity contribution in [2.24, 2.45) is 0 Å². The third-order valence-electron chi connectivity index (χ3n) is 3.94. The fourth-order valence-electron chi connectivity index (χ4n) is 2.90. The van der Waals surface area contributed by atoms with Gasteiger partial charge in [-0.25, -0.2) is 4.39 Å². The van der Waals surface area contributed by atoms with Crippen LogP contribution >= 0.6 is 22.9 Å². The van der Waals surface area contributed by atoms with E-state index in [1.165, 1.54) is 17.4 Å². The first kappa shape index (κ1) is 17.7. The van der Waals surface area contributed by atoms with Gasteiger partial charge in [0.15, 0.2) is 0 Å². The van der Waals surface area contributed by atoms with Crippen molar-refractivity contribution in [1.82, 2.24) is 10.2 Å². The van der Waals surface area contributed by atoms with E-state index in [4.69, 9.17) is 11.6 Å². The summed E-state index contributed by atoms with van der Waals surface area (Å²) in [5.41, 5.74) is -0.678. The number of thiophene rings is 1. The first-order valence-electron chi connectivity index (χ1n) is 7.42. The van der Waals surface area contributed by atoms with Gasteiger partial charge in [-0.3, -0.25) is 4.90 Å². The molecule has 0 radical (unpaired) electrons. The maximum atomic E-state index is 13.9. The number of halogens is 5. The van der Waals surface area contributed by atoms with Gasteiger partial charge in [-0.05, 0) is 35.9 Å². The largest absolute Gasteiger partial charge is 0.416 e. The number of piperazine rings is 1. The first-order chi connectivity index (χ1) is 11.3. The second-order valence-electron chi connectivity index (χ2n) is 5.60. The Morgan fingerprint density at radius 3 is 2.42 bits per heavy atom. The molecule has 130 valence electrons. The summed E-state index contributed by atoms with van der Waals surface area (Å²) < 4.78 is 53.6. The van der Waals surface area contributed by atoms with Crippen molar-refractivity contribution in [1.29, 1.82) is 0 Å². The van der Waals surface area contributed by atoms with E-state index < -0.39 is 23.6 Å². The van der Waals surface area contributed by atoms with E-state index in [1.807, 2.05) is 4.90 Å². The first-order valence-corrected chi connectivity index (χ1v) is 8.62. The van der Waals surface area contributed by atoms with Crippen LogP contribution in [-0.2, 0) is 6.18 Å². The molecule has 1 fully saturated rings. The average molecular weight is 379 g/mol. The Balaban J connectivity index is 2.06. The molecule has 2 heterocycles. The fraction of sp³-hybridized carbons (Fsp3) is 0.375. The Kier molecular flexibility index (Phi) is 5.15. The van der Waals surface area contributed by atoms with Crippen molar-refractivity contribution in [3.63, 3.8) is 0 Å². The second-order valence-corrected chi connectivity index (χ2v) is 7.35. The summed E-state index contributed by atoms with van der Waals surface area (Å²) in [7, 11) is 0. The van der Waals surface area contributed by atoms with E-state index in [0.29, 0.717) is 29.1 Å². The van der Waals surface area contributed by atoms with E-state index in [2.05, 4.69) is 5.32 Å². The van der Waals surface area contributed by atoms with Crippen molar-refractivity contribution in [3.8, 4) is 0 Å². The van der Waals surface area contributed by atoms with E-state index in [1.54, 1.807) is 12.1 Å². The molecule has 1 atom stereocenters. The highest BCUT2D eigenvalue weighted by molar-refractivity contribution is 7.16. The minimum Gasteiger partial charge on any atom is -0.314 e. The van der Waals surface area contributed by atoms with Crippen LogP contribution in [0.5, 0.6) is 0 Å². The topological polar surface area (TPSA) is 15.3 Å². The van der Waals surface area contributed by atoms with Crippen LogP contribution in [0.2, 0.25) is 4.34 Å². The molecule has 1 aliphatic heterocycles. The quantitative estimate of drug-likeness (QED) is 0.788. The number of nitrogens with zero attached hydrogens (tertiary/aromatic N) is 1. The zero-order chi connectivity index (χ0) is 17.3. The highest BCUT2D eigenvalue weighted by Gasteiger charge is 2.33. The number of hydrogen-bond donors (Lipinski definition) is 1. The molecule has 0 saturated carbocycles. The molecule has 0 unspecified atom stereocenters. The summed E-state index contributed by atoms with van der Waals surface area (Å²) in [6.07, 6.45) is -4.59. The smallest absolute Gasteiger partial charge is 0.314 e. The maximum absolute atomic E-state index is 13.9. The van der Waals surface area contributed by atoms with E-state index in [0.717, 1.165) is 24.0 Å². The molecule has 2 nitrogen and oxygen atoms in total. The van der Waals surface area contributed by atoms with Gasteiger partial charge in [-0.1, -0.05) is 11.6 Å². The maximum Gasteiger partial charge on any atom is 0.416 e. The minimum absolute atomic E-state index is 0.294. The fourth-order valence-corrected chi connectivity index (χ4v) is 4.13. The molecule has 0 aliphatic carbocycles. The molecule has 1 saturated heterocycles. The Morgan fingerprint density at radius 1 is 1.12 bits per heavy atom. The monoisotopic (exact) mass is 378 g/mol. The average Bonchev–Trinajstić information content (AvgIpc) is 2.93. The van der Waals surface area contributed by atoms with Gasteiger partial charge in [0.25, 0.3) is 0 Å². The number of hydrogen-bond acceptors (Lipinski definition) is 3. The number of alkyl halides is 3. The van der Waals surface area contributed by atoms with Crippen LogP contribution in [0.15, 0.2) is 30.3 Å². The molecule has 3 rings (SSSR count).